The van der Waals surface area contributed by atoms with Crippen LogP contribution in [0.2, 0.25) is 0 Å². The second-order valence-corrected chi connectivity index (χ2v) is 4.64. The van der Waals surface area contributed by atoms with Crippen molar-refractivity contribution in [1.82, 2.24) is 15.0 Å². The van der Waals surface area contributed by atoms with Gasteiger partial charge in [0.05, 0.1) is 6.04 Å². The second-order valence-electron chi connectivity index (χ2n) is 3.57. The minimum Gasteiger partial charge on any atom is -0.368 e. The van der Waals surface area contributed by atoms with Crippen molar-refractivity contribution >= 4 is 23.2 Å². The molecule has 2 aromatic rings. The number of thiophene rings is 1. The Balaban J connectivity index is 2.15. The van der Waals surface area contributed by atoms with Crippen molar-refractivity contribution in [1.29, 1.82) is 0 Å². The van der Waals surface area contributed by atoms with Crippen molar-refractivity contribution in [3.63, 3.8) is 0 Å². The van der Waals surface area contributed by atoms with E-state index in [0.717, 1.165) is 16.2 Å². The van der Waals surface area contributed by atoms with E-state index in [2.05, 4.69) is 20.3 Å². The van der Waals surface area contributed by atoms with E-state index in [9.17, 15) is 4.39 Å². The Labute approximate surface area is 102 Å². The highest BCUT2D eigenvalue weighted by Crippen LogP contribution is 2.24. The van der Waals surface area contributed by atoms with Crippen LogP contribution in [0.5, 0.6) is 0 Å². The molecule has 2 rings (SSSR count). The first-order valence-corrected chi connectivity index (χ1v) is 5.86. The lowest BCUT2D eigenvalue weighted by molar-refractivity contribution is 0.657. The van der Waals surface area contributed by atoms with Crippen molar-refractivity contribution in [3.05, 3.63) is 28.0 Å². The maximum Gasteiger partial charge on any atom is 0.228 e. The molecule has 0 spiro atoms. The number of nitrogen functional groups attached to an aromatic ring is 1. The maximum atomic E-state index is 12.9. The molecule has 2 aromatic heterocycles. The number of nitrogens with zero attached hydrogens (tertiary/aromatic N) is 3. The molecule has 0 aliphatic rings. The number of rotatable bonds is 3. The van der Waals surface area contributed by atoms with Gasteiger partial charge in [-0.05, 0) is 26.0 Å². The monoisotopic (exact) mass is 253 g/mol. The summed E-state index contributed by atoms with van der Waals surface area (Å²) in [5, 5.41) is 2.85. The molecule has 0 aliphatic carbocycles. The summed E-state index contributed by atoms with van der Waals surface area (Å²) < 4.78 is 12.9. The van der Waals surface area contributed by atoms with Gasteiger partial charge in [0, 0.05) is 4.88 Å². The first kappa shape index (κ1) is 11.7. The molecule has 1 unspecified atom stereocenters. The zero-order chi connectivity index (χ0) is 12.4. The molecule has 0 fully saturated rings. The highest BCUT2D eigenvalue weighted by atomic mass is 32.1. The van der Waals surface area contributed by atoms with Crippen LogP contribution in [0, 0.1) is 12.1 Å². The topological polar surface area (TPSA) is 76.7 Å². The molecule has 7 heteroatoms. The first-order valence-electron chi connectivity index (χ1n) is 5.04. The van der Waals surface area contributed by atoms with Gasteiger partial charge in [0.15, 0.2) is 5.13 Å². The van der Waals surface area contributed by atoms with Crippen LogP contribution in [0.3, 0.4) is 0 Å². The lowest BCUT2D eigenvalue weighted by Crippen LogP contribution is -2.11. The SMILES string of the molecule is Cc1nc(N)nc(NC(C)c2ccc(F)s2)n1. The lowest BCUT2D eigenvalue weighted by atomic mass is 10.3. The molecule has 2 heterocycles. The Morgan fingerprint density at radius 3 is 2.71 bits per heavy atom. The molecule has 1 atom stereocenters. The smallest absolute Gasteiger partial charge is 0.228 e. The van der Waals surface area contributed by atoms with Crippen LogP contribution in [0.1, 0.15) is 23.7 Å². The van der Waals surface area contributed by atoms with Gasteiger partial charge < -0.3 is 11.1 Å². The van der Waals surface area contributed by atoms with Crippen molar-refractivity contribution in [2.75, 3.05) is 11.1 Å². The summed E-state index contributed by atoms with van der Waals surface area (Å²) in [4.78, 5) is 12.8. The summed E-state index contributed by atoms with van der Waals surface area (Å²) in [7, 11) is 0. The molecular formula is C10H12FN5S. The molecule has 90 valence electrons. The summed E-state index contributed by atoms with van der Waals surface area (Å²) in [5.74, 6) is 1.12. The van der Waals surface area contributed by atoms with E-state index in [0.29, 0.717) is 11.8 Å². The van der Waals surface area contributed by atoms with Gasteiger partial charge in [-0.3, -0.25) is 0 Å². The summed E-state index contributed by atoms with van der Waals surface area (Å²) in [5.41, 5.74) is 5.52. The molecular weight excluding hydrogens is 241 g/mol. The van der Waals surface area contributed by atoms with Gasteiger partial charge in [0.1, 0.15) is 5.82 Å². The van der Waals surface area contributed by atoms with Crippen LogP contribution in [0.4, 0.5) is 16.3 Å². The summed E-state index contributed by atoms with van der Waals surface area (Å²) >= 11 is 1.09. The van der Waals surface area contributed by atoms with Crippen LogP contribution in [-0.4, -0.2) is 15.0 Å². The number of anilines is 2. The van der Waals surface area contributed by atoms with Gasteiger partial charge in [-0.2, -0.15) is 19.3 Å². The Morgan fingerprint density at radius 1 is 1.35 bits per heavy atom. The Morgan fingerprint density at radius 2 is 2.12 bits per heavy atom. The molecule has 0 saturated heterocycles. The predicted octanol–water partition coefficient (Wildman–Crippen LogP) is 2.14. The Bertz CT molecular complexity index is 507. The number of halogens is 1. The van der Waals surface area contributed by atoms with Crippen molar-refractivity contribution in [2.45, 2.75) is 19.9 Å². The minimum absolute atomic E-state index is 0.0781. The fourth-order valence-corrected chi connectivity index (χ4v) is 2.13. The predicted molar refractivity (Wildman–Crippen MR) is 65.3 cm³/mol. The van der Waals surface area contributed by atoms with Crippen LogP contribution in [0.25, 0.3) is 0 Å². The van der Waals surface area contributed by atoms with E-state index in [1.807, 2.05) is 6.92 Å². The van der Waals surface area contributed by atoms with Gasteiger partial charge in [-0.25, -0.2) is 0 Å². The Hall–Kier alpha value is -1.76. The lowest BCUT2D eigenvalue weighted by Gasteiger charge is -2.12. The van der Waals surface area contributed by atoms with Crippen molar-refractivity contribution < 1.29 is 4.39 Å². The number of nitrogens with two attached hydrogens (primary N) is 1. The van der Waals surface area contributed by atoms with Gasteiger partial charge in [0.25, 0.3) is 0 Å². The number of aryl methyl sites for hydroxylation is 1. The maximum absolute atomic E-state index is 12.9. The minimum atomic E-state index is -0.208. The van der Waals surface area contributed by atoms with Crippen LogP contribution in [0.15, 0.2) is 12.1 Å². The number of hydrogen-bond donors (Lipinski definition) is 2. The van der Waals surface area contributed by atoms with Crippen LogP contribution >= 0.6 is 11.3 Å². The molecule has 0 aliphatic heterocycles. The fourth-order valence-electron chi connectivity index (χ4n) is 1.39. The highest BCUT2D eigenvalue weighted by molar-refractivity contribution is 7.10. The number of hydrogen-bond acceptors (Lipinski definition) is 6. The summed E-state index contributed by atoms with van der Waals surface area (Å²) in [6.45, 7) is 3.64. The first-order chi connectivity index (χ1) is 8.04. The van der Waals surface area contributed by atoms with E-state index in [4.69, 9.17) is 5.73 Å². The molecule has 0 bridgehead atoms. The van der Waals surface area contributed by atoms with Crippen LogP contribution in [-0.2, 0) is 0 Å². The third kappa shape index (κ3) is 2.88. The normalized spacial score (nSPS) is 12.4. The second kappa shape index (κ2) is 4.62. The molecule has 0 saturated carbocycles. The molecule has 0 radical (unpaired) electrons. The standard InChI is InChI=1S/C10H12FN5S/c1-5(7-3-4-8(11)17-7)13-10-15-6(2)14-9(12)16-10/h3-5H,1-2H3,(H3,12,13,14,15,16). The molecule has 0 aromatic carbocycles. The van der Waals surface area contributed by atoms with E-state index in [1.54, 1.807) is 13.0 Å². The van der Waals surface area contributed by atoms with Gasteiger partial charge in [-0.1, -0.05) is 0 Å². The average molecular weight is 253 g/mol. The average Bonchev–Trinajstić information content (AvgIpc) is 2.63. The number of aromatic nitrogens is 3. The summed E-state index contributed by atoms with van der Waals surface area (Å²) in [6.07, 6.45) is 0. The van der Waals surface area contributed by atoms with Crippen molar-refractivity contribution in [2.24, 2.45) is 0 Å². The number of nitrogens with one attached hydrogen (secondary N) is 1. The third-order valence-corrected chi connectivity index (χ3v) is 3.19. The van der Waals surface area contributed by atoms with Gasteiger partial charge in [-0.15, -0.1) is 11.3 Å². The van der Waals surface area contributed by atoms with Gasteiger partial charge >= 0.3 is 0 Å². The quantitative estimate of drug-likeness (QED) is 0.876. The molecule has 0 amide bonds. The zero-order valence-corrected chi connectivity index (χ0v) is 10.3. The molecule has 17 heavy (non-hydrogen) atoms. The largest absolute Gasteiger partial charge is 0.368 e. The van der Waals surface area contributed by atoms with Crippen molar-refractivity contribution in [3.8, 4) is 0 Å². The molecule has 3 N–H and O–H groups in total. The molecule has 5 nitrogen and oxygen atoms in total. The van der Waals surface area contributed by atoms with E-state index in [-0.39, 0.29) is 17.1 Å². The van der Waals surface area contributed by atoms with E-state index < -0.39 is 0 Å². The highest BCUT2D eigenvalue weighted by Gasteiger charge is 2.10. The third-order valence-electron chi connectivity index (χ3n) is 2.13. The summed E-state index contributed by atoms with van der Waals surface area (Å²) in [6, 6.07) is 3.09. The van der Waals surface area contributed by atoms with E-state index >= 15 is 0 Å². The zero-order valence-electron chi connectivity index (χ0n) is 9.44. The van der Waals surface area contributed by atoms with Crippen LogP contribution < -0.4 is 11.1 Å². The van der Waals surface area contributed by atoms with Gasteiger partial charge in [0.2, 0.25) is 11.9 Å². The fraction of sp³-hybridized carbons (Fsp3) is 0.300. The van der Waals surface area contributed by atoms with E-state index in [1.165, 1.54) is 6.07 Å². The Kier molecular flexibility index (Phi) is 3.19.